The minimum absolute atomic E-state index is 0. The van der Waals surface area contributed by atoms with Gasteiger partial charge in [-0.15, -0.1) is 5.10 Å². The molecule has 1 atom stereocenters. The third-order valence-corrected chi connectivity index (χ3v) is 8.02. The molecule has 2 aromatic heterocycles. The van der Waals surface area contributed by atoms with Crippen LogP contribution in [0.25, 0.3) is 5.69 Å². The second kappa shape index (κ2) is 13.2. The Hall–Kier alpha value is -5.62. The predicted octanol–water partition coefficient (Wildman–Crippen LogP) is 1.68. The lowest BCUT2D eigenvalue weighted by Crippen LogP contribution is -3.00. The fraction of sp³-hybridized carbons (Fsp3) is 0.182. The van der Waals surface area contributed by atoms with Crippen LogP contribution in [-0.2, 0) is 28.7 Å². The van der Waals surface area contributed by atoms with Gasteiger partial charge in [0.1, 0.15) is 29.9 Å². The Kier molecular flexibility index (Phi) is 9.31. The zero-order chi connectivity index (χ0) is 33.5. The van der Waals surface area contributed by atoms with Gasteiger partial charge in [-0.05, 0) is 72.6 Å². The first-order valence-corrected chi connectivity index (χ1v) is 14.3. The van der Waals surface area contributed by atoms with Crippen molar-refractivity contribution < 1.29 is 49.4 Å². The molecule has 48 heavy (non-hydrogen) atoms. The van der Waals surface area contributed by atoms with Crippen molar-refractivity contribution in [2.24, 2.45) is 0 Å². The molecular weight excluding hydrogens is 695 g/mol. The first-order chi connectivity index (χ1) is 22.5. The molecule has 0 fully saturated rings. The van der Waals surface area contributed by atoms with Gasteiger partial charge in [-0.1, -0.05) is 12.1 Å². The number of H-pyrrole nitrogens is 1. The fourth-order valence-electron chi connectivity index (χ4n) is 5.79. The van der Waals surface area contributed by atoms with Crippen molar-refractivity contribution >= 4 is 17.6 Å². The van der Waals surface area contributed by atoms with Crippen LogP contribution in [0.4, 0.5) is 24.8 Å². The van der Waals surface area contributed by atoms with Crippen LogP contribution < -0.4 is 32.1 Å². The molecule has 3 aromatic carbocycles. The lowest BCUT2D eigenvalue weighted by Gasteiger charge is -2.36. The van der Waals surface area contributed by atoms with Crippen molar-refractivity contribution in [2.45, 2.75) is 32.1 Å². The molecule has 0 spiro atoms. The second-order valence-corrected chi connectivity index (χ2v) is 10.8. The molecule has 0 saturated carbocycles. The summed E-state index contributed by atoms with van der Waals surface area (Å²) in [6.07, 6.45) is 1.30. The van der Waals surface area contributed by atoms with Crippen LogP contribution in [-0.4, -0.2) is 37.5 Å². The first kappa shape index (κ1) is 33.7. The smallest absolute Gasteiger partial charge is 0.416 e. The number of phenols is 1. The number of methoxy groups -OCH3 is 1. The van der Waals surface area contributed by atoms with Gasteiger partial charge < -0.3 is 26.8 Å². The molecule has 0 unspecified atom stereocenters. The molecule has 0 amide bonds. The minimum atomic E-state index is -4.64. The number of hydrogen-bond donors (Lipinski definition) is 2. The number of nitrogens with one attached hydrogen (secondary N) is 1. The molecule has 0 radical (unpaired) electrons. The van der Waals surface area contributed by atoms with Gasteiger partial charge in [0.2, 0.25) is 12.3 Å². The number of rotatable bonds is 7. The number of carbonyl (C=O) groups excluding carboxylic acids is 1. The number of aryl methyl sites for hydroxylation is 2. The number of phenolic OH excluding ortho intramolecular Hbond substituents is 1. The number of aromatic amines is 1. The summed E-state index contributed by atoms with van der Waals surface area (Å²) in [7, 11) is 1.18. The number of nitriles is 1. The summed E-state index contributed by atoms with van der Waals surface area (Å²) in [5.41, 5.74) is 0.990. The van der Waals surface area contributed by atoms with Gasteiger partial charge in [-0.25, -0.2) is 28.4 Å². The van der Waals surface area contributed by atoms with Crippen LogP contribution in [0.3, 0.4) is 0 Å². The zero-order valence-corrected chi connectivity index (χ0v) is 27.0. The molecule has 15 heteroatoms. The summed E-state index contributed by atoms with van der Waals surface area (Å²) in [6.45, 7) is 1.99. The van der Waals surface area contributed by atoms with Crippen molar-refractivity contribution in [1.29, 1.82) is 5.26 Å². The molecule has 1 aliphatic heterocycles. The van der Waals surface area contributed by atoms with E-state index in [4.69, 9.17) is 4.74 Å². The summed E-state index contributed by atoms with van der Waals surface area (Å²) >= 11 is 0. The third-order valence-electron chi connectivity index (χ3n) is 8.02. The Morgan fingerprint density at radius 2 is 1.88 bits per heavy atom. The predicted molar refractivity (Wildman–Crippen MR) is 162 cm³/mol. The number of aromatic nitrogens is 5. The van der Waals surface area contributed by atoms with Crippen LogP contribution in [0.1, 0.15) is 35.2 Å². The number of aromatic hydroxyl groups is 1. The largest absolute Gasteiger partial charge is 1.00 e. The Labute approximate surface area is 282 Å². The van der Waals surface area contributed by atoms with E-state index in [0.29, 0.717) is 29.7 Å². The van der Waals surface area contributed by atoms with Gasteiger partial charge in [0, 0.05) is 17.8 Å². The van der Waals surface area contributed by atoms with Crippen LogP contribution >= 0.6 is 0 Å². The Morgan fingerprint density at radius 3 is 2.56 bits per heavy atom. The number of benzene rings is 3. The number of imidazole rings is 1. The lowest BCUT2D eigenvalue weighted by molar-refractivity contribution is -0.695. The number of esters is 1. The number of alkyl halides is 3. The van der Waals surface area contributed by atoms with Crippen molar-refractivity contribution in [3.8, 4) is 17.5 Å². The normalized spacial score (nSPS) is 14.2. The molecule has 246 valence electrons. The number of hydrogen-bond acceptors (Lipinski definition) is 7. The van der Waals surface area contributed by atoms with Gasteiger partial charge in [0.25, 0.3) is 0 Å². The highest BCUT2D eigenvalue weighted by atomic mass is 79.9. The van der Waals surface area contributed by atoms with E-state index >= 15 is 0 Å². The second-order valence-electron chi connectivity index (χ2n) is 10.8. The molecular formula is C33H27BrF3N7O4. The summed E-state index contributed by atoms with van der Waals surface area (Å²) < 4.78 is 51.1. The molecule has 2 N–H and O–H groups in total. The summed E-state index contributed by atoms with van der Waals surface area (Å²) in [5.74, 6) is -0.672. The number of halogens is 4. The molecule has 1 aliphatic rings. The summed E-state index contributed by atoms with van der Waals surface area (Å²) in [5, 5.41) is 25.9. The van der Waals surface area contributed by atoms with E-state index < -0.39 is 29.4 Å². The highest BCUT2D eigenvalue weighted by Gasteiger charge is 2.41. The standard InChI is InChI=1S/C33H26F3N7O4.BrH/c1-20-28(30(45)47-2)29(43-31(38-39-32(43)46)42(20)25-5-3-4-23(17-25)33(34,35)36)27-11-6-21(18-37)16-22(27)12-13-40-14-15-41(19-40)24-7-9-26(44)10-8-24;/h3-11,14-17,19,29H,12-13H2,1-2H3,(H-,39,44,46);1H/t29-;/m1./s1. The number of carbonyl (C=O) groups is 1. The molecule has 11 nitrogen and oxygen atoms in total. The maximum atomic E-state index is 13.7. The van der Waals surface area contributed by atoms with Gasteiger partial charge in [-0.3, -0.25) is 4.90 Å². The summed E-state index contributed by atoms with van der Waals surface area (Å²) in [6, 6.07) is 17.1. The molecule has 0 aliphatic carbocycles. The van der Waals surface area contributed by atoms with E-state index in [1.807, 2.05) is 27.9 Å². The molecule has 0 bridgehead atoms. The van der Waals surface area contributed by atoms with E-state index in [2.05, 4.69) is 16.3 Å². The quantitative estimate of drug-likeness (QED) is 0.193. The topological polar surface area (TPSA) is 133 Å². The van der Waals surface area contributed by atoms with E-state index in [9.17, 15) is 33.1 Å². The van der Waals surface area contributed by atoms with Crippen LogP contribution in [0, 0.1) is 11.3 Å². The van der Waals surface area contributed by atoms with E-state index in [-0.39, 0.29) is 45.6 Å². The highest BCUT2D eigenvalue weighted by molar-refractivity contribution is 5.93. The van der Waals surface area contributed by atoms with Crippen LogP contribution in [0.15, 0.2) is 102 Å². The van der Waals surface area contributed by atoms with Gasteiger partial charge >= 0.3 is 17.8 Å². The van der Waals surface area contributed by atoms with Gasteiger partial charge in [-0.2, -0.15) is 18.4 Å². The van der Waals surface area contributed by atoms with E-state index in [1.165, 1.54) is 28.7 Å². The maximum absolute atomic E-state index is 13.7. The minimum Gasteiger partial charge on any atom is -1.00 e. The summed E-state index contributed by atoms with van der Waals surface area (Å²) in [4.78, 5) is 28.2. The fourth-order valence-corrected chi connectivity index (χ4v) is 5.79. The van der Waals surface area contributed by atoms with Crippen molar-refractivity contribution in [2.75, 3.05) is 12.0 Å². The molecule has 6 rings (SSSR count). The first-order valence-electron chi connectivity index (χ1n) is 14.3. The highest BCUT2D eigenvalue weighted by Crippen LogP contribution is 2.43. The van der Waals surface area contributed by atoms with Crippen LogP contribution in [0.5, 0.6) is 5.75 Å². The van der Waals surface area contributed by atoms with Crippen molar-refractivity contribution in [3.05, 3.63) is 129 Å². The zero-order valence-electron chi connectivity index (χ0n) is 25.4. The van der Waals surface area contributed by atoms with Crippen LogP contribution in [0.2, 0.25) is 0 Å². The molecule has 3 heterocycles. The van der Waals surface area contributed by atoms with Gasteiger partial charge in [0.15, 0.2) is 0 Å². The average Bonchev–Trinajstić information content (AvgIpc) is 3.69. The van der Waals surface area contributed by atoms with E-state index in [1.54, 1.807) is 49.4 Å². The lowest BCUT2D eigenvalue weighted by atomic mass is 9.89. The number of fused-ring (bicyclic) bond motifs is 1. The Morgan fingerprint density at radius 1 is 1.12 bits per heavy atom. The van der Waals surface area contributed by atoms with E-state index in [0.717, 1.165) is 17.8 Å². The SMILES string of the molecule is COC(=O)C1=C(C)N(c2cccc(C(F)(F)F)c2)c2n[nH]c(=O)n2[C@@H]1c1ccc(C#N)cc1CC[n+]1ccn(-c2ccc(O)cc2)c1.[Br-]. The molecule has 5 aromatic rings. The average molecular weight is 723 g/mol. The number of ether oxygens (including phenoxy) is 1. The van der Waals surface area contributed by atoms with Gasteiger partial charge in [0.05, 0.1) is 36.4 Å². The number of anilines is 2. The van der Waals surface area contributed by atoms with Crippen molar-refractivity contribution in [3.63, 3.8) is 0 Å². The number of nitrogens with zero attached hydrogens (tertiary/aromatic N) is 6. The van der Waals surface area contributed by atoms with Crippen molar-refractivity contribution in [1.82, 2.24) is 19.3 Å². The molecule has 0 saturated heterocycles. The maximum Gasteiger partial charge on any atom is 0.416 e. The third kappa shape index (κ3) is 6.21. The Balaban J connectivity index is 0.00000451. The Bertz CT molecular complexity index is 2130. The monoisotopic (exact) mass is 721 g/mol. The number of allylic oxidation sites excluding steroid dienone is 1.